The van der Waals surface area contributed by atoms with Gasteiger partial charge in [0, 0.05) is 18.0 Å². The Kier molecular flexibility index (Phi) is 5.72. The second-order valence-electron chi connectivity index (χ2n) is 6.13. The third-order valence-electron chi connectivity index (χ3n) is 4.52. The molecule has 0 aromatic heterocycles. The van der Waals surface area contributed by atoms with Crippen molar-refractivity contribution < 1.29 is 14.2 Å². The average molecular weight is 327 g/mol. The molecular formula is C20H25NO3. The first-order chi connectivity index (χ1) is 11.8. The molecular weight excluding hydrogens is 302 g/mol. The Morgan fingerprint density at radius 2 is 1.71 bits per heavy atom. The molecule has 2 atom stereocenters. The van der Waals surface area contributed by atoms with Crippen LogP contribution in [0.3, 0.4) is 0 Å². The van der Waals surface area contributed by atoms with Crippen LogP contribution in [0.5, 0.6) is 11.5 Å². The van der Waals surface area contributed by atoms with Gasteiger partial charge in [-0.15, -0.1) is 0 Å². The van der Waals surface area contributed by atoms with E-state index in [2.05, 4.69) is 35.6 Å². The van der Waals surface area contributed by atoms with E-state index in [-0.39, 0.29) is 0 Å². The summed E-state index contributed by atoms with van der Waals surface area (Å²) in [5, 5.41) is 3.59. The fourth-order valence-corrected chi connectivity index (χ4v) is 3.27. The lowest BCUT2D eigenvalue weighted by Gasteiger charge is -2.20. The SMILES string of the molecule is COc1cc(COCC2CCNC2c2ccccc2)cc(OC)c1. The Hall–Kier alpha value is -2.04. The highest BCUT2D eigenvalue weighted by molar-refractivity contribution is 5.38. The Morgan fingerprint density at radius 1 is 1.00 bits per heavy atom. The maximum atomic E-state index is 6.00. The zero-order valence-corrected chi connectivity index (χ0v) is 14.3. The highest BCUT2D eigenvalue weighted by Crippen LogP contribution is 2.30. The van der Waals surface area contributed by atoms with Crippen molar-refractivity contribution in [3.63, 3.8) is 0 Å². The van der Waals surface area contributed by atoms with E-state index in [1.807, 2.05) is 18.2 Å². The maximum Gasteiger partial charge on any atom is 0.122 e. The van der Waals surface area contributed by atoms with E-state index in [1.54, 1.807) is 14.2 Å². The summed E-state index contributed by atoms with van der Waals surface area (Å²) < 4.78 is 16.6. The molecule has 1 N–H and O–H groups in total. The molecule has 0 aliphatic carbocycles. The molecule has 0 amide bonds. The number of hydrogen-bond donors (Lipinski definition) is 1. The van der Waals surface area contributed by atoms with Gasteiger partial charge in [0.2, 0.25) is 0 Å². The van der Waals surface area contributed by atoms with Gasteiger partial charge >= 0.3 is 0 Å². The maximum absolute atomic E-state index is 6.00. The molecule has 4 heteroatoms. The Labute approximate surface area is 143 Å². The van der Waals surface area contributed by atoms with Gasteiger partial charge in [0.15, 0.2) is 0 Å². The third-order valence-corrected chi connectivity index (χ3v) is 4.52. The standard InChI is InChI=1S/C20H25NO3/c1-22-18-10-15(11-19(12-18)23-2)13-24-14-17-8-9-21-20(17)16-6-4-3-5-7-16/h3-7,10-12,17,20-21H,8-9,13-14H2,1-2H3. The number of methoxy groups -OCH3 is 2. The van der Waals surface area contributed by atoms with Crippen LogP contribution >= 0.6 is 0 Å². The first-order valence-corrected chi connectivity index (χ1v) is 8.38. The minimum atomic E-state index is 0.381. The summed E-state index contributed by atoms with van der Waals surface area (Å²) in [6, 6.07) is 16.8. The summed E-state index contributed by atoms with van der Waals surface area (Å²) in [4.78, 5) is 0. The molecule has 1 aliphatic heterocycles. The lowest BCUT2D eigenvalue weighted by atomic mass is 9.95. The molecule has 0 saturated carbocycles. The van der Waals surface area contributed by atoms with Gasteiger partial charge in [-0.1, -0.05) is 30.3 Å². The van der Waals surface area contributed by atoms with E-state index in [9.17, 15) is 0 Å². The van der Waals surface area contributed by atoms with Crippen LogP contribution in [0.2, 0.25) is 0 Å². The zero-order valence-electron chi connectivity index (χ0n) is 14.3. The van der Waals surface area contributed by atoms with Crippen LogP contribution in [0.4, 0.5) is 0 Å². The summed E-state index contributed by atoms with van der Waals surface area (Å²) in [6.45, 7) is 2.35. The lowest BCUT2D eigenvalue weighted by molar-refractivity contribution is 0.0824. The largest absolute Gasteiger partial charge is 0.497 e. The molecule has 24 heavy (non-hydrogen) atoms. The normalized spacial score (nSPS) is 20.1. The van der Waals surface area contributed by atoms with Gasteiger partial charge < -0.3 is 19.5 Å². The van der Waals surface area contributed by atoms with Crippen molar-refractivity contribution in [2.24, 2.45) is 5.92 Å². The number of nitrogens with one attached hydrogen (secondary N) is 1. The van der Waals surface area contributed by atoms with Crippen molar-refractivity contribution >= 4 is 0 Å². The molecule has 4 nitrogen and oxygen atoms in total. The first kappa shape index (κ1) is 16.8. The zero-order chi connectivity index (χ0) is 16.8. The molecule has 1 heterocycles. The molecule has 1 saturated heterocycles. The quantitative estimate of drug-likeness (QED) is 0.844. The monoisotopic (exact) mass is 327 g/mol. The van der Waals surface area contributed by atoms with Crippen molar-refractivity contribution in [2.45, 2.75) is 19.1 Å². The number of rotatable bonds is 7. The lowest BCUT2D eigenvalue weighted by Crippen LogP contribution is -2.21. The first-order valence-electron chi connectivity index (χ1n) is 8.38. The molecule has 2 aromatic carbocycles. The smallest absolute Gasteiger partial charge is 0.122 e. The van der Waals surface area contributed by atoms with E-state index in [0.717, 1.165) is 36.6 Å². The van der Waals surface area contributed by atoms with Crippen LogP contribution < -0.4 is 14.8 Å². The second-order valence-corrected chi connectivity index (χ2v) is 6.13. The van der Waals surface area contributed by atoms with Crippen molar-refractivity contribution in [3.05, 3.63) is 59.7 Å². The molecule has 128 valence electrons. The molecule has 0 radical (unpaired) electrons. The number of ether oxygens (including phenoxy) is 3. The van der Waals surface area contributed by atoms with E-state index in [4.69, 9.17) is 14.2 Å². The predicted molar refractivity (Wildman–Crippen MR) is 94.5 cm³/mol. The molecule has 1 aliphatic rings. The van der Waals surface area contributed by atoms with Crippen LogP contribution in [0.1, 0.15) is 23.6 Å². The summed E-state index contributed by atoms with van der Waals surface area (Å²) in [7, 11) is 3.32. The molecule has 0 bridgehead atoms. The minimum Gasteiger partial charge on any atom is -0.497 e. The fourth-order valence-electron chi connectivity index (χ4n) is 3.27. The van der Waals surface area contributed by atoms with Gasteiger partial charge in [0.25, 0.3) is 0 Å². The Bertz CT molecular complexity index is 622. The van der Waals surface area contributed by atoms with Crippen LogP contribution in [0.25, 0.3) is 0 Å². The number of benzene rings is 2. The van der Waals surface area contributed by atoms with Gasteiger partial charge in [-0.3, -0.25) is 0 Å². The van der Waals surface area contributed by atoms with Crippen LogP contribution in [0.15, 0.2) is 48.5 Å². The van der Waals surface area contributed by atoms with Crippen LogP contribution in [-0.2, 0) is 11.3 Å². The third kappa shape index (κ3) is 4.08. The minimum absolute atomic E-state index is 0.381. The summed E-state index contributed by atoms with van der Waals surface area (Å²) in [5.74, 6) is 2.08. The molecule has 1 fully saturated rings. The average Bonchev–Trinajstić information content (AvgIpc) is 3.10. The number of hydrogen-bond acceptors (Lipinski definition) is 4. The second kappa shape index (κ2) is 8.18. The molecule has 0 spiro atoms. The highest BCUT2D eigenvalue weighted by atomic mass is 16.5. The van der Waals surface area contributed by atoms with Crippen molar-refractivity contribution in [3.8, 4) is 11.5 Å². The van der Waals surface area contributed by atoms with Gasteiger partial charge in [0.05, 0.1) is 27.4 Å². The predicted octanol–water partition coefficient (Wildman–Crippen LogP) is 3.57. The van der Waals surface area contributed by atoms with E-state index < -0.39 is 0 Å². The topological polar surface area (TPSA) is 39.7 Å². The van der Waals surface area contributed by atoms with Crippen molar-refractivity contribution in [2.75, 3.05) is 27.4 Å². The molecule has 2 unspecified atom stereocenters. The fraction of sp³-hybridized carbons (Fsp3) is 0.400. The summed E-state index contributed by atoms with van der Waals surface area (Å²) in [5.41, 5.74) is 2.40. The van der Waals surface area contributed by atoms with E-state index in [1.165, 1.54) is 5.56 Å². The van der Waals surface area contributed by atoms with E-state index >= 15 is 0 Å². The van der Waals surface area contributed by atoms with Gasteiger partial charge in [-0.25, -0.2) is 0 Å². The Balaban J connectivity index is 1.58. The van der Waals surface area contributed by atoms with Gasteiger partial charge in [-0.2, -0.15) is 0 Å². The van der Waals surface area contributed by atoms with E-state index in [0.29, 0.717) is 18.6 Å². The highest BCUT2D eigenvalue weighted by Gasteiger charge is 2.28. The Morgan fingerprint density at radius 3 is 2.38 bits per heavy atom. The van der Waals surface area contributed by atoms with Crippen molar-refractivity contribution in [1.29, 1.82) is 0 Å². The van der Waals surface area contributed by atoms with Crippen LogP contribution in [0, 0.1) is 5.92 Å². The molecule has 2 aromatic rings. The van der Waals surface area contributed by atoms with Gasteiger partial charge in [0.1, 0.15) is 11.5 Å². The summed E-state index contributed by atoms with van der Waals surface area (Å²) >= 11 is 0. The molecule has 3 rings (SSSR count). The van der Waals surface area contributed by atoms with Gasteiger partial charge in [-0.05, 0) is 36.2 Å². The summed E-state index contributed by atoms with van der Waals surface area (Å²) in [6.07, 6.45) is 1.14. The van der Waals surface area contributed by atoms with Crippen LogP contribution in [-0.4, -0.2) is 27.4 Å². The van der Waals surface area contributed by atoms with Crippen molar-refractivity contribution in [1.82, 2.24) is 5.32 Å².